The molecule has 5 nitrogen and oxygen atoms in total. The Morgan fingerprint density at radius 3 is 2.48 bits per heavy atom. The van der Waals surface area contributed by atoms with E-state index < -0.39 is 0 Å². The van der Waals surface area contributed by atoms with Crippen LogP contribution in [0.25, 0.3) is 10.9 Å². The van der Waals surface area contributed by atoms with Crippen LogP contribution in [0.1, 0.15) is 11.1 Å². The minimum Gasteiger partial charge on any atom is -0.494 e. The zero-order valence-corrected chi connectivity index (χ0v) is 17.5. The van der Waals surface area contributed by atoms with Crippen LogP contribution < -0.4 is 14.5 Å². The van der Waals surface area contributed by atoms with Crippen molar-refractivity contribution in [3.05, 3.63) is 83.7 Å². The number of ether oxygens (including phenoxy) is 1. The fraction of sp³-hybridized carbons (Fsp3) is 0.200. The summed E-state index contributed by atoms with van der Waals surface area (Å²) in [5.74, 6) is 1.85. The van der Waals surface area contributed by atoms with E-state index in [1.807, 2.05) is 30.1 Å². The van der Waals surface area contributed by atoms with Crippen LogP contribution in [0.4, 0.5) is 21.8 Å². The molecule has 0 atom stereocenters. The fourth-order valence-electron chi connectivity index (χ4n) is 4.11. The largest absolute Gasteiger partial charge is 0.494 e. The van der Waals surface area contributed by atoms with E-state index in [0.29, 0.717) is 11.7 Å². The fourth-order valence-corrected chi connectivity index (χ4v) is 4.11. The molecule has 1 aromatic heterocycles. The summed E-state index contributed by atoms with van der Waals surface area (Å²) in [5, 5.41) is 0.954. The van der Waals surface area contributed by atoms with Crippen molar-refractivity contribution in [3.63, 3.8) is 0 Å². The molecule has 0 aliphatic carbocycles. The molecular formula is C25H23FN4O. The number of fused-ring (bicyclic) bond motifs is 2. The lowest BCUT2D eigenvalue weighted by Crippen LogP contribution is -2.31. The van der Waals surface area contributed by atoms with Gasteiger partial charge in [-0.15, -0.1) is 0 Å². The molecule has 31 heavy (non-hydrogen) atoms. The van der Waals surface area contributed by atoms with Gasteiger partial charge in [0, 0.05) is 31.2 Å². The lowest BCUT2D eigenvalue weighted by Gasteiger charge is -2.31. The molecule has 0 radical (unpaired) electrons. The van der Waals surface area contributed by atoms with E-state index >= 15 is 0 Å². The van der Waals surface area contributed by atoms with Crippen LogP contribution in [0.2, 0.25) is 0 Å². The number of methoxy groups -OCH3 is 1. The minimum atomic E-state index is -0.272. The van der Waals surface area contributed by atoms with E-state index in [0.717, 1.165) is 41.9 Å². The predicted molar refractivity (Wildman–Crippen MR) is 122 cm³/mol. The number of para-hydroxylation sites is 1. The summed E-state index contributed by atoms with van der Waals surface area (Å²) in [5.41, 5.74) is 4.28. The molecule has 3 aromatic carbocycles. The summed E-state index contributed by atoms with van der Waals surface area (Å²) in [6, 6.07) is 20.8. The third-order valence-electron chi connectivity index (χ3n) is 5.82. The Kier molecular flexibility index (Phi) is 4.90. The van der Waals surface area contributed by atoms with Crippen LogP contribution in [0, 0.1) is 5.82 Å². The Hall–Kier alpha value is -3.67. The molecule has 1 aliphatic heterocycles. The van der Waals surface area contributed by atoms with Crippen molar-refractivity contribution in [2.75, 3.05) is 30.5 Å². The van der Waals surface area contributed by atoms with Gasteiger partial charge in [-0.05, 0) is 53.9 Å². The van der Waals surface area contributed by atoms with Crippen molar-refractivity contribution in [1.29, 1.82) is 0 Å². The van der Waals surface area contributed by atoms with Crippen molar-refractivity contribution in [2.45, 2.75) is 13.0 Å². The van der Waals surface area contributed by atoms with Gasteiger partial charge in [-0.3, -0.25) is 0 Å². The maximum atomic E-state index is 13.4. The number of halogens is 1. The monoisotopic (exact) mass is 414 g/mol. The second kappa shape index (κ2) is 7.87. The average Bonchev–Trinajstić information content (AvgIpc) is 2.82. The first-order valence-electron chi connectivity index (χ1n) is 10.3. The summed E-state index contributed by atoms with van der Waals surface area (Å²) in [6.07, 6.45) is 0.967. The minimum absolute atomic E-state index is 0.272. The van der Waals surface area contributed by atoms with E-state index in [-0.39, 0.29) is 5.82 Å². The van der Waals surface area contributed by atoms with Crippen LogP contribution in [-0.2, 0) is 13.0 Å². The Bertz CT molecular complexity index is 1240. The molecule has 6 heteroatoms. The van der Waals surface area contributed by atoms with E-state index in [4.69, 9.17) is 14.7 Å². The average molecular weight is 414 g/mol. The van der Waals surface area contributed by atoms with Gasteiger partial charge in [-0.1, -0.05) is 30.3 Å². The normalized spacial score (nSPS) is 13.2. The number of rotatable bonds is 4. The zero-order valence-electron chi connectivity index (χ0n) is 17.5. The molecule has 0 N–H and O–H groups in total. The zero-order chi connectivity index (χ0) is 21.4. The molecule has 1 aliphatic rings. The van der Waals surface area contributed by atoms with Gasteiger partial charge >= 0.3 is 0 Å². The third-order valence-corrected chi connectivity index (χ3v) is 5.82. The molecule has 4 aromatic rings. The van der Waals surface area contributed by atoms with E-state index in [1.165, 1.54) is 23.3 Å². The predicted octanol–water partition coefficient (Wildman–Crippen LogP) is 5.11. The number of nitrogens with zero attached hydrogens (tertiary/aromatic N) is 4. The smallest absolute Gasteiger partial charge is 0.232 e. The van der Waals surface area contributed by atoms with Gasteiger partial charge in [-0.25, -0.2) is 9.37 Å². The summed E-state index contributed by atoms with van der Waals surface area (Å²) in [4.78, 5) is 13.9. The first-order chi connectivity index (χ1) is 15.1. The maximum Gasteiger partial charge on any atom is 0.232 e. The Morgan fingerprint density at radius 2 is 1.71 bits per heavy atom. The lowest BCUT2D eigenvalue weighted by atomic mass is 9.99. The molecule has 0 saturated carbocycles. The van der Waals surface area contributed by atoms with E-state index in [2.05, 4.69) is 29.2 Å². The van der Waals surface area contributed by atoms with Gasteiger partial charge in [0.2, 0.25) is 5.95 Å². The lowest BCUT2D eigenvalue weighted by molar-refractivity contribution is 0.419. The maximum absolute atomic E-state index is 13.4. The van der Waals surface area contributed by atoms with Crippen molar-refractivity contribution < 1.29 is 9.13 Å². The SMILES string of the molecule is COc1cccc2c(N3CCc4ccccc4C3)nc(N(C)c3ccc(F)cc3)nc12. The van der Waals surface area contributed by atoms with Crippen molar-refractivity contribution >= 4 is 28.4 Å². The van der Waals surface area contributed by atoms with E-state index in [9.17, 15) is 4.39 Å². The number of benzene rings is 3. The third kappa shape index (κ3) is 3.54. The Labute approximate surface area is 180 Å². The van der Waals surface area contributed by atoms with Crippen LogP contribution in [0.15, 0.2) is 66.7 Å². The highest BCUT2D eigenvalue weighted by Crippen LogP contribution is 2.35. The molecule has 0 saturated heterocycles. The van der Waals surface area contributed by atoms with Crippen LogP contribution >= 0.6 is 0 Å². The van der Waals surface area contributed by atoms with Gasteiger partial charge in [0.05, 0.1) is 7.11 Å². The first-order valence-corrected chi connectivity index (χ1v) is 10.3. The Balaban J connectivity index is 1.64. The van der Waals surface area contributed by atoms with Gasteiger partial charge in [0.15, 0.2) is 0 Å². The van der Waals surface area contributed by atoms with Crippen molar-refractivity contribution in [2.24, 2.45) is 0 Å². The quantitative estimate of drug-likeness (QED) is 0.464. The molecule has 156 valence electrons. The number of hydrogen-bond donors (Lipinski definition) is 0. The van der Waals surface area contributed by atoms with Crippen LogP contribution in [0.5, 0.6) is 5.75 Å². The second-order valence-electron chi connectivity index (χ2n) is 7.68. The number of aromatic nitrogens is 2. The molecule has 0 amide bonds. The summed E-state index contributed by atoms with van der Waals surface area (Å²) in [7, 11) is 3.54. The summed E-state index contributed by atoms with van der Waals surface area (Å²) >= 11 is 0. The second-order valence-corrected chi connectivity index (χ2v) is 7.68. The molecule has 2 heterocycles. The highest BCUT2D eigenvalue weighted by molar-refractivity contribution is 5.94. The summed E-state index contributed by atoms with van der Waals surface area (Å²) < 4.78 is 19.0. The van der Waals surface area contributed by atoms with Gasteiger partial charge in [0.1, 0.15) is 22.9 Å². The van der Waals surface area contributed by atoms with Crippen LogP contribution in [-0.4, -0.2) is 30.7 Å². The number of anilines is 3. The van der Waals surface area contributed by atoms with Gasteiger partial charge in [0.25, 0.3) is 0 Å². The van der Waals surface area contributed by atoms with Crippen LogP contribution in [0.3, 0.4) is 0 Å². The molecule has 5 rings (SSSR count). The van der Waals surface area contributed by atoms with Gasteiger partial charge in [-0.2, -0.15) is 4.98 Å². The number of hydrogen-bond acceptors (Lipinski definition) is 5. The summed E-state index contributed by atoms with van der Waals surface area (Å²) in [6.45, 7) is 1.67. The molecule has 0 bridgehead atoms. The van der Waals surface area contributed by atoms with E-state index in [1.54, 1.807) is 19.2 Å². The molecule has 0 unspecified atom stereocenters. The van der Waals surface area contributed by atoms with Crippen molar-refractivity contribution in [1.82, 2.24) is 9.97 Å². The molecular weight excluding hydrogens is 391 g/mol. The Morgan fingerprint density at radius 1 is 0.935 bits per heavy atom. The standard InChI is InChI=1S/C25H23FN4O/c1-29(20-12-10-19(26)11-13-20)25-27-23-21(8-5-9-22(23)31-2)24(28-25)30-15-14-17-6-3-4-7-18(17)16-30/h3-13H,14-16H2,1-2H3. The van der Waals surface area contributed by atoms with Crippen molar-refractivity contribution in [3.8, 4) is 5.75 Å². The molecule has 0 spiro atoms. The topological polar surface area (TPSA) is 41.5 Å². The highest BCUT2D eigenvalue weighted by atomic mass is 19.1. The molecule has 0 fully saturated rings. The first kappa shape index (κ1) is 19.3. The highest BCUT2D eigenvalue weighted by Gasteiger charge is 2.22. The van der Waals surface area contributed by atoms with Gasteiger partial charge < -0.3 is 14.5 Å².